The Bertz CT molecular complexity index is 1010. The first-order valence-electron chi connectivity index (χ1n) is 7.36. The lowest BCUT2D eigenvalue weighted by Crippen LogP contribution is -2.24. The Kier molecular flexibility index (Phi) is 4.50. The molecular formula is C17H12ClF2N3O2. The molecular weight excluding hydrogens is 352 g/mol. The summed E-state index contributed by atoms with van der Waals surface area (Å²) in [6, 6.07) is 6.08. The summed E-state index contributed by atoms with van der Waals surface area (Å²) in [7, 11) is 0. The van der Waals surface area contributed by atoms with Crippen LogP contribution in [0.25, 0.3) is 16.9 Å². The van der Waals surface area contributed by atoms with Crippen LogP contribution in [0.5, 0.6) is 0 Å². The minimum atomic E-state index is -0.843. The zero-order valence-electron chi connectivity index (χ0n) is 13.0. The van der Waals surface area contributed by atoms with Crippen molar-refractivity contribution in [1.29, 1.82) is 0 Å². The number of halogens is 3. The number of carbonyl (C=O) groups is 1. The number of nitrogens with zero attached hydrogens (tertiary/aromatic N) is 3. The van der Waals surface area contributed by atoms with Crippen LogP contribution in [0.4, 0.5) is 8.78 Å². The van der Waals surface area contributed by atoms with Gasteiger partial charge in [-0.1, -0.05) is 17.7 Å². The minimum absolute atomic E-state index is 0.0423. The smallest absolute Gasteiger partial charge is 0.269 e. The van der Waals surface area contributed by atoms with Gasteiger partial charge in [0.15, 0.2) is 6.29 Å². The second kappa shape index (κ2) is 6.60. The van der Waals surface area contributed by atoms with Crippen LogP contribution in [0.1, 0.15) is 17.4 Å². The van der Waals surface area contributed by atoms with Crippen LogP contribution in [0, 0.1) is 11.6 Å². The highest BCUT2D eigenvalue weighted by Crippen LogP contribution is 2.32. The zero-order chi connectivity index (χ0) is 18.1. The van der Waals surface area contributed by atoms with Crippen molar-refractivity contribution >= 4 is 17.9 Å². The van der Waals surface area contributed by atoms with E-state index in [0.29, 0.717) is 6.29 Å². The highest BCUT2D eigenvalue weighted by molar-refractivity contribution is 6.30. The van der Waals surface area contributed by atoms with Crippen molar-refractivity contribution < 1.29 is 13.6 Å². The van der Waals surface area contributed by atoms with Crippen molar-refractivity contribution in [3.8, 4) is 16.9 Å². The monoisotopic (exact) mass is 363 g/mol. The maximum absolute atomic E-state index is 14.4. The standard InChI is InChI=1S/C17H12ClF2N3O2/c1-2-22-16(15-12(19)4-3-5-13(15)20)14(8-11(18)17(22)25)23-10(9-24)6-7-21-23/h3-9H,2H2,1H3. The number of carbonyl (C=O) groups excluding carboxylic acids is 1. The van der Waals surface area contributed by atoms with Gasteiger partial charge in [0.25, 0.3) is 5.56 Å². The average molecular weight is 364 g/mol. The second-order valence-corrected chi connectivity index (χ2v) is 5.57. The Morgan fingerprint density at radius 1 is 1.24 bits per heavy atom. The predicted molar refractivity (Wildman–Crippen MR) is 89.2 cm³/mol. The molecule has 0 N–H and O–H groups in total. The van der Waals surface area contributed by atoms with Gasteiger partial charge in [-0.3, -0.25) is 9.59 Å². The van der Waals surface area contributed by atoms with Crippen molar-refractivity contribution in [2.24, 2.45) is 0 Å². The maximum atomic E-state index is 14.4. The van der Waals surface area contributed by atoms with Crippen LogP contribution < -0.4 is 5.56 Å². The Hall–Kier alpha value is -2.80. The fraction of sp³-hybridized carbons (Fsp3) is 0.118. The minimum Gasteiger partial charge on any atom is -0.305 e. The molecule has 2 aromatic heterocycles. The number of rotatable bonds is 4. The Balaban J connectivity index is 2.50. The van der Waals surface area contributed by atoms with Gasteiger partial charge in [0.05, 0.1) is 23.1 Å². The maximum Gasteiger partial charge on any atom is 0.269 e. The van der Waals surface area contributed by atoms with E-state index in [0.717, 1.165) is 16.7 Å². The van der Waals surface area contributed by atoms with Gasteiger partial charge in [-0.2, -0.15) is 5.10 Å². The molecule has 0 amide bonds. The van der Waals surface area contributed by atoms with Crippen molar-refractivity contribution in [2.45, 2.75) is 13.5 Å². The van der Waals surface area contributed by atoms with E-state index >= 15 is 0 Å². The molecule has 8 heteroatoms. The molecule has 3 rings (SSSR count). The lowest BCUT2D eigenvalue weighted by atomic mass is 10.1. The van der Waals surface area contributed by atoms with Crippen molar-refractivity contribution in [1.82, 2.24) is 14.3 Å². The molecule has 0 aliphatic carbocycles. The molecule has 0 saturated heterocycles. The molecule has 0 unspecified atom stereocenters. The fourth-order valence-corrected chi connectivity index (χ4v) is 2.88. The third-order valence-corrected chi connectivity index (χ3v) is 4.03. The quantitative estimate of drug-likeness (QED) is 0.667. The van der Waals surface area contributed by atoms with E-state index in [2.05, 4.69) is 5.10 Å². The molecule has 25 heavy (non-hydrogen) atoms. The summed E-state index contributed by atoms with van der Waals surface area (Å²) in [6.45, 7) is 1.76. The van der Waals surface area contributed by atoms with Gasteiger partial charge in [-0.05, 0) is 31.2 Å². The highest BCUT2D eigenvalue weighted by Gasteiger charge is 2.23. The number of aromatic nitrogens is 3. The Morgan fingerprint density at radius 3 is 2.52 bits per heavy atom. The summed E-state index contributed by atoms with van der Waals surface area (Å²) in [5.41, 5.74) is -0.747. The van der Waals surface area contributed by atoms with E-state index < -0.39 is 17.2 Å². The fourth-order valence-electron chi connectivity index (χ4n) is 2.67. The number of pyridine rings is 1. The van der Waals surface area contributed by atoms with Gasteiger partial charge in [0, 0.05) is 6.54 Å². The molecule has 0 spiro atoms. The van der Waals surface area contributed by atoms with Crippen molar-refractivity contribution in [3.63, 3.8) is 0 Å². The number of aldehydes is 1. The third-order valence-electron chi connectivity index (χ3n) is 3.76. The molecule has 2 heterocycles. The lowest BCUT2D eigenvalue weighted by Gasteiger charge is -2.18. The normalized spacial score (nSPS) is 10.9. The van der Waals surface area contributed by atoms with Gasteiger partial charge < -0.3 is 4.57 Å². The van der Waals surface area contributed by atoms with Gasteiger partial charge in [0.1, 0.15) is 22.4 Å². The van der Waals surface area contributed by atoms with Crippen LogP contribution in [0.3, 0.4) is 0 Å². The molecule has 0 atom stereocenters. The molecule has 0 radical (unpaired) electrons. The average Bonchev–Trinajstić information content (AvgIpc) is 3.06. The van der Waals surface area contributed by atoms with Gasteiger partial charge in [-0.15, -0.1) is 0 Å². The first-order chi connectivity index (χ1) is 12.0. The molecule has 0 fully saturated rings. The van der Waals surface area contributed by atoms with Crippen LogP contribution >= 0.6 is 11.6 Å². The van der Waals surface area contributed by atoms with E-state index in [4.69, 9.17) is 11.6 Å². The van der Waals surface area contributed by atoms with Crippen molar-refractivity contribution in [2.75, 3.05) is 0 Å². The predicted octanol–water partition coefficient (Wildman–Crippen LogP) is 3.47. The summed E-state index contributed by atoms with van der Waals surface area (Å²) >= 11 is 6.00. The second-order valence-electron chi connectivity index (χ2n) is 5.16. The molecule has 3 aromatic rings. The van der Waals surface area contributed by atoms with Crippen LogP contribution in [-0.2, 0) is 6.54 Å². The van der Waals surface area contributed by atoms with Gasteiger partial charge >= 0.3 is 0 Å². The summed E-state index contributed by atoms with van der Waals surface area (Å²) in [5, 5.41) is 3.87. The molecule has 5 nitrogen and oxygen atoms in total. The summed E-state index contributed by atoms with van der Waals surface area (Å²) in [5.74, 6) is -1.69. The summed E-state index contributed by atoms with van der Waals surface area (Å²) in [6.07, 6.45) is 1.91. The molecule has 1 aromatic carbocycles. The Morgan fingerprint density at radius 2 is 1.92 bits per heavy atom. The SMILES string of the molecule is CCn1c(-c2c(F)cccc2F)c(-n2nccc2C=O)cc(Cl)c1=O. The lowest BCUT2D eigenvalue weighted by molar-refractivity contribution is 0.111. The van der Waals surface area contributed by atoms with Gasteiger partial charge in [-0.25, -0.2) is 13.5 Å². The molecule has 128 valence electrons. The van der Waals surface area contributed by atoms with Crippen molar-refractivity contribution in [3.05, 3.63) is 69.2 Å². The highest BCUT2D eigenvalue weighted by atomic mass is 35.5. The molecule has 0 aliphatic rings. The van der Waals surface area contributed by atoms with E-state index in [1.165, 1.54) is 29.1 Å². The number of hydrogen-bond acceptors (Lipinski definition) is 3. The molecule has 0 aliphatic heterocycles. The zero-order valence-corrected chi connectivity index (χ0v) is 13.8. The van der Waals surface area contributed by atoms with E-state index in [1.807, 2.05) is 0 Å². The first-order valence-corrected chi connectivity index (χ1v) is 7.74. The van der Waals surface area contributed by atoms with Crippen LogP contribution in [0.2, 0.25) is 5.02 Å². The van der Waals surface area contributed by atoms with Gasteiger partial charge in [0.2, 0.25) is 0 Å². The summed E-state index contributed by atoms with van der Waals surface area (Å²) in [4.78, 5) is 23.6. The Labute approximate surface area is 146 Å². The number of benzene rings is 1. The number of hydrogen-bond donors (Lipinski definition) is 0. The topological polar surface area (TPSA) is 56.9 Å². The molecule has 0 bridgehead atoms. The van der Waals surface area contributed by atoms with Crippen LogP contribution in [0.15, 0.2) is 41.3 Å². The van der Waals surface area contributed by atoms with E-state index in [1.54, 1.807) is 6.92 Å². The van der Waals surface area contributed by atoms with E-state index in [-0.39, 0.29) is 34.2 Å². The molecule has 0 saturated carbocycles. The summed E-state index contributed by atoms with van der Waals surface area (Å²) < 4.78 is 31.1. The largest absolute Gasteiger partial charge is 0.305 e. The third kappa shape index (κ3) is 2.76. The first kappa shape index (κ1) is 17.0. The van der Waals surface area contributed by atoms with Crippen LogP contribution in [-0.4, -0.2) is 20.6 Å². The van der Waals surface area contributed by atoms with E-state index in [9.17, 15) is 18.4 Å².